The second-order valence-electron chi connectivity index (χ2n) is 5.49. The smallest absolute Gasteiger partial charge is 0.132 e. The minimum absolute atomic E-state index is 0.667. The summed E-state index contributed by atoms with van der Waals surface area (Å²) in [5.41, 5.74) is 8.12. The molecule has 20 heavy (non-hydrogen) atoms. The fourth-order valence-corrected chi connectivity index (χ4v) is 2.78. The van der Waals surface area contributed by atoms with E-state index >= 15 is 0 Å². The molecule has 1 fully saturated rings. The van der Waals surface area contributed by atoms with Gasteiger partial charge in [0.05, 0.1) is 5.52 Å². The zero-order valence-corrected chi connectivity index (χ0v) is 12.0. The lowest BCUT2D eigenvalue weighted by molar-refractivity contribution is 0.312. The molecule has 0 bridgehead atoms. The first-order valence-electron chi connectivity index (χ1n) is 7.30. The number of nitrogens with two attached hydrogens (primary N) is 1. The molecule has 1 aliphatic heterocycles. The van der Waals surface area contributed by atoms with Crippen LogP contribution in [0.2, 0.25) is 0 Å². The Balaban J connectivity index is 2.00. The molecule has 0 spiro atoms. The molecule has 2 N–H and O–H groups in total. The Labute approximate surface area is 120 Å². The van der Waals surface area contributed by atoms with Crippen molar-refractivity contribution in [1.29, 1.82) is 0 Å². The Bertz CT molecular complexity index is 588. The van der Waals surface area contributed by atoms with Gasteiger partial charge >= 0.3 is 0 Å². The van der Waals surface area contributed by atoms with Crippen LogP contribution >= 0.6 is 0 Å². The summed E-state index contributed by atoms with van der Waals surface area (Å²) < 4.78 is 0. The first-order chi connectivity index (χ1) is 9.78. The third kappa shape index (κ3) is 2.62. The van der Waals surface area contributed by atoms with Crippen LogP contribution in [-0.4, -0.2) is 49.7 Å². The molecule has 1 saturated heterocycles. The Kier molecular flexibility index (Phi) is 3.85. The van der Waals surface area contributed by atoms with Crippen molar-refractivity contribution in [2.75, 3.05) is 44.7 Å². The Hall–Kier alpha value is -1.65. The normalized spacial score (nSPS) is 16.8. The highest BCUT2D eigenvalue weighted by molar-refractivity contribution is 5.81. The predicted molar refractivity (Wildman–Crippen MR) is 84.2 cm³/mol. The van der Waals surface area contributed by atoms with E-state index in [4.69, 9.17) is 10.7 Å². The van der Waals surface area contributed by atoms with Crippen molar-refractivity contribution >= 4 is 16.7 Å². The second-order valence-corrected chi connectivity index (χ2v) is 5.49. The van der Waals surface area contributed by atoms with Crippen LogP contribution in [0.25, 0.3) is 10.9 Å². The lowest BCUT2D eigenvalue weighted by Crippen LogP contribution is -2.45. The molecule has 1 aromatic heterocycles. The van der Waals surface area contributed by atoms with E-state index < -0.39 is 0 Å². The second kappa shape index (κ2) is 5.77. The first kappa shape index (κ1) is 13.3. The van der Waals surface area contributed by atoms with E-state index in [0.717, 1.165) is 43.9 Å². The number of hydrogen-bond donors (Lipinski definition) is 1. The van der Waals surface area contributed by atoms with Gasteiger partial charge in [0, 0.05) is 31.6 Å². The number of nitrogens with zero attached hydrogens (tertiary/aromatic N) is 3. The van der Waals surface area contributed by atoms with Gasteiger partial charge in [-0.15, -0.1) is 0 Å². The molecule has 2 heterocycles. The van der Waals surface area contributed by atoms with E-state index in [1.54, 1.807) is 0 Å². The number of aromatic nitrogens is 1. The van der Waals surface area contributed by atoms with E-state index in [-0.39, 0.29) is 0 Å². The fraction of sp³-hybridized carbons (Fsp3) is 0.438. The summed E-state index contributed by atoms with van der Waals surface area (Å²) in [6.45, 7) is 4.94. The van der Waals surface area contributed by atoms with Crippen molar-refractivity contribution in [1.82, 2.24) is 9.88 Å². The maximum atomic E-state index is 5.77. The Morgan fingerprint density at radius 3 is 2.65 bits per heavy atom. The largest absolute Gasteiger partial charge is 0.354 e. The van der Waals surface area contributed by atoms with E-state index in [2.05, 4.69) is 41.1 Å². The van der Waals surface area contributed by atoms with Crippen molar-refractivity contribution in [3.05, 3.63) is 35.9 Å². The predicted octanol–water partition coefficient (Wildman–Crippen LogP) is 1.49. The van der Waals surface area contributed by atoms with Gasteiger partial charge in [-0.05, 0) is 37.7 Å². The monoisotopic (exact) mass is 270 g/mol. The summed E-state index contributed by atoms with van der Waals surface area (Å²) in [5, 5.41) is 1.20. The van der Waals surface area contributed by atoms with Crippen LogP contribution in [0, 0.1) is 0 Å². The van der Waals surface area contributed by atoms with Gasteiger partial charge in [0.15, 0.2) is 0 Å². The van der Waals surface area contributed by atoms with Crippen molar-refractivity contribution in [2.24, 2.45) is 5.73 Å². The maximum absolute atomic E-state index is 5.77. The van der Waals surface area contributed by atoms with Crippen LogP contribution in [0.4, 0.5) is 5.82 Å². The Morgan fingerprint density at radius 1 is 1.15 bits per heavy atom. The number of pyridine rings is 1. The van der Waals surface area contributed by atoms with Crippen molar-refractivity contribution < 1.29 is 0 Å². The molecule has 4 heteroatoms. The van der Waals surface area contributed by atoms with Crippen LogP contribution in [0.15, 0.2) is 30.3 Å². The average molecular weight is 270 g/mol. The summed E-state index contributed by atoms with van der Waals surface area (Å²) in [6, 6.07) is 10.6. The SMILES string of the molecule is CN1CCN(c2nc3ccccc3cc2CCN)CC1. The number of likely N-dealkylation sites (N-methyl/N-ethyl adjacent to an activating group) is 1. The van der Waals surface area contributed by atoms with Crippen LogP contribution in [0.5, 0.6) is 0 Å². The summed E-state index contributed by atoms with van der Waals surface area (Å²) >= 11 is 0. The average Bonchev–Trinajstić information content (AvgIpc) is 2.48. The molecule has 2 aromatic rings. The number of para-hydroxylation sites is 1. The Morgan fingerprint density at radius 2 is 1.90 bits per heavy atom. The van der Waals surface area contributed by atoms with Gasteiger partial charge in [-0.2, -0.15) is 0 Å². The molecule has 0 aliphatic carbocycles. The minimum Gasteiger partial charge on any atom is -0.354 e. The van der Waals surface area contributed by atoms with E-state index in [0.29, 0.717) is 6.54 Å². The molecule has 0 amide bonds. The van der Waals surface area contributed by atoms with E-state index in [1.807, 2.05) is 6.07 Å². The third-order valence-electron chi connectivity index (χ3n) is 4.00. The molecule has 0 saturated carbocycles. The fourth-order valence-electron chi connectivity index (χ4n) is 2.78. The topological polar surface area (TPSA) is 45.4 Å². The summed E-state index contributed by atoms with van der Waals surface area (Å²) in [6.07, 6.45) is 0.888. The van der Waals surface area contributed by atoms with Gasteiger partial charge < -0.3 is 15.5 Å². The van der Waals surface area contributed by atoms with Gasteiger partial charge in [0.2, 0.25) is 0 Å². The first-order valence-corrected chi connectivity index (χ1v) is 7.30. The van der Waals surface area contributed by atoms with Gasteiger partial charge in [-0.1, -0.05) is 18.2 Å². The van der Waals surface area contributed by atoms with Gasteiger partial charge in [-0.3, -0.25) is 0 Å². The molecule has 4 nitrogen and oxygen atoms in total. The van der Waals surface area contributed by atoms with E-state index in [1.165, 1.54) is 10.9 Å². The van der Waals surface area contributed by atoms with Crippen LogP contribution in [-0.2, 0) is 6.42 Å². The van der Waals surface area contributed by atoms with Crippen molar-refractivity contribution in [2.45, 2.75) is 6.42 Å². The molecular formula is C16H22N4. The van der Waals surface area contributed by atoms with Gasteiger partial charge in [-0.25, -0.2) is 4.98 Å². The summed E-state index contributed by atoms with van der Waals surface area (Å²) in [4.78, 5) is 9.66. The van der Waals surface area contributed by atoms with E-state index in [9.17, 15) is 0 Å². The highest BCUT2D eigenvalue weighted by atomic mass is 15.3. The molecule has 106 valence electrons. The number of rotatable bonds is 3. The number of benzene rings is 1. The molecule has 1 aliphatic rings. The number of hydrogen-bond acceptors (Lipinski definition) is 4. The number of piperazine rings is 1. The standard InChI is InChI=1S/C16H22N4/c1-19-8-10-20(11-9-19)16-14(6-7-17)12-13-4-2-3-5-15(13)18-16/h2-5,12H,6-11,17H2,1H3. The zero-order chi connectivity index (χ0) is 13.9. The molecule has 0 unspecified atom stereocenters. The quantitative estimate of drug-likeness (QED) is 0.918. The molecule has 0 radical (unpaired) electrons. The lowest BCUT2D eigenvalue weighted by Gasteiger charge is -2.34. The molecule has 0 atom stereocenters. The third-order valence-corrected chi connectivity index (χ3v) is 4.00. The summed E-state index contributed by atoms with van der Waals surface area (Å²) in [5.74, 6) is 1.13. The molecule has 3 rings (SSSR count). The minimum atomic E-state index is 0.667. The highest BCUT2D eigenvalue weighted by Gasteiger charge is 2.18. The lowest BCUT2D eigenvalue weighted by atomic mass is 10.1. The van der Waals surface area contributed by atoms with Crippen molar-refractivity contribution in [3.8, 4) is 0 Å². The maximum Gasteiger partial charge on any atom is 0.132 e. The molecular weight excluding hydrogens is 248 g/mol. The van der Waals surface area contributed by atoms with Crippen LogP contribution < -0.4 is 10.6 Å². The number of anilines is 1. The van der Waals surface area contributed by atoms with Crippen LogP contribution in [0.1, 0.15) is 5.56 Å². The van der Waals surface area contributed by atoms with Gasteiger partial charge in [0.1, 0.15) is 5.82 Å². The summed E-state index contributed by atoms with van der Waals surface area (Å²) in [7, 11) is 2.17. The zero-order valence-electron chi connectivity index (χ0n) is 12.0. The van der Waals surface area contributed by atoms with Gasteiger partial charge in [0.25, 0.3) is 0 Å². The molecule has 1 aromatic carbocycles. The van der Waals surface area contributed by atoms with Crippen LogP contribution in [0.3, 0.4) is 0 Å². The van der Waals surface area contributed by atoms with Crippen molar-refractivity contribution in [3.63, 3.8) is 0 Å². The number of fused-ring (bicyclic) bond motifs is 1. The highest BCUT2D eigenvalue weighted by Crippen LogP contribution is 2.24.